The number of aromatic nitrogens is 1. The lowest BCUT2D eigenvalue weighted by atomic mass is 9.97. The molecule has 0 fully saturated rings. The number of rotatable bonds is 1. The summed E-state index contributed by atoms with van der Waals surface area (Å²) in [5, 5.41) is 6.12. The molecule has 4 rings (SSSR count). The molecule has 2 nitrogen and oxygen atoms in total. The van der Waals surface area contributed by atoms with Crippen molar-refractivity contribution in [3.63, 3.8) is 0 Å². The number of hydrogen-bond donors (Lipinski definition) is 0. The van der Waals surface area contributed by atoms with Gasteiger partial charge in [0.1, 0.15) is 5.75 Å². The molecule has 0 amide bonds. The van der Waals surface area contributed by atoms with Crippen molar-refractivity contribution in [3.05, 3.63) is 59.8 Å². The second-order valence-electron chi connectivity index (χ2n) is 5.79. The number of ether oxygens (including phenoxy) is 1. The highest BCUT2D eigenvalue weighted by atomic mass is 16.5. The van der Waals surface area contributed by atoms with Crippen molar-refractivity contribution in [1.29, 1.82) is 0 Å². The van der Waals surface area contributed by atoms with Crippen LogP contribution in [0.4, 0.5) is 0 Å². The van der Waals surface area contributed by atoms with Gasteiger partial charge in [0.2, 0.25) is 0 Å². The molecule has 0 saturated carbocycles. The first-order valence-electron chi connectivity index (χ1n) is 7.45. The predicted molar refractivity (Wildman–Crippen MR) is 92.8 cm³/mol. The first kappa shape index (κ1) is 13.1. The third kappa shape index (κ3) is 1.84. The van der Waals surface area contributed by atoms with Crippen molar-refractivity contribution in [3.8, 4) is 5.75 Å². The Hall–Kier alpha value is -2.61. The quantitative estimate of drug-likeness (QED) is 0.451. The molecule has 1 heterocycles. The Morgan fingerprint density at radius 2 is 1.59 bits per heavy atom. The second kappa shape index (κ2) is 4.70. The molecular weight excluding hydrogens is 270 g/mol. The number of benzene rings is 3. The average Bonchev–Trinajstić information content (AvgIpc) is 2.53. The summed E-state index contributed by atoms with van der Waals surface area (Å²) in [5.74, 6) is 0.883. The van der Waals surface area contributed by atoms with Crippen LogP contribution in [0.5, 0.6) is 5.75 Å². The first-order valence-corrected chi connectivity index (χ1v) is 7.45. The van der Waals surface area contributed by atoms with Crippen LogP contribution in [0.15, 0.2) is 48.5 Å². The van der Waals surface area contributed by atoms with Crippen LogP contribution in [0.2, 0.25) is 0 Å². The molecule has 3 aromatic carbocycles. The number of hydrogen-bond acceptors (Lipinski definition) is 2. The van der Waals surface area contributed by atoms with Gasteiger partial charge in [0.25, 0.3) is 0 Å². The van der Waals surface area contributed by atoms with Crippen LogP contribution in [0, 0.1) is 13.8 Å². The van der Waals surface area contributed by atoms with E-state index < -0.39 is 0 Å². The number of methoxy groups -OCH3 is 1. The molecule has 2 heteroatoms. The maximum absolute atomic E-state index is 5.33. The van der Waals surface area contributed by atoms with E-state index in [1.807, 2.05) is 6.07 Å². The minimum Gasteiger partial charge on any atom is -0.497 e. The van der Waals surface area contributed by atoms with E-state index >= 15 is 0 Å². The molecule has 1 aromatic heterocycles. The van der Waals surface area contributed by atoms with Crippen LogP contribution in [0.3, 0.4) is 0 Å². The van der Waals surface area contributed by atoms with Crippen LogP contribution in [0.1, 0.15) is 11.3 Å². The Balaban J connectivity index is 2.20. The van der Waals surface area contributed by atoms with Gasteiger partial charge in [-0.25, -0.2) is 0 Å². The summed E-state index contributed by atoms with van der Waals surface area (Å²) in [7, 11) is 1.70. The molecule has 22 heavy (non-hydrogen) atoms. The first-order chi connectivity index (χ1) is 10.7. The predicted octanol–water partition coefficient (Wildman–Crippen LogP) is 5.17. The molecule has 4 aromatic rings. The molecule has 0 radical (unpaired) electrons. The Bertz CT molecular complexity index is 1030. The molecule has 0 bridgehead atoms. The summed E-state index contributed by atoms with van der Waals surface area (Å²) in [6.45, 7) is 4.20. The zero-order valence-electron chi connectivity index (χ0n) is 13.0. The number of nitrogens with zero attached hydrogens (tertiary/aromatic N) is 1. The van der Waals surface area contributed by atoms with Gasteiger partial charge < -0.3 is 4.74 Å². The highest BCUT2D eigenvalue weighted by Crippen LogP contribution is 2.34. The van der Waals surface area contributed by atoms with Gasteiger partial charge in [-0.15, -0.1) is 0 Å². The fourth-order valence-electron chi connectivity index (χ4n) is 3.25. The normalized spacial score (nSPS) is 11.4. The van der Waals surface area contributed by atoms with Crippen molar-refractivity contribution in [2.75, 3.05) is 7.11 Å². The molecule has 0 aliphatic rings. The Kier molecular flexibility index (Phi) is 2.80. The van der Waals surface area contributed by atoms with E-state index in [-0.39, 0.29) is 0 Å². The van der Waals surface area contributed by atoms with Gasteiger partial charge in [0.15, 0.2) is 0 Å². The monoisotopic (exact) mass is 287 g/mol. The topological polar surface area (TPSA) is 22.1 Å². The standard InChI is InChI=1S/C20H17NO/c1-12-4-7-17-18-8-5-14-11-15(22-3)6-9-16(14)20(18)13(2)21-19(17)10-12/h4-11H,1-3H3. The fraction of sp³-hybridized carbons (Fsp3) is 0.150. The van der Waals surface area contributed by atoms with Gasteiger partial charge in [0.05, 0.1) is 12.6 Å². The van der Waals surface area contributed by atoms with Gasteiger partial charge in [-0.1, -0.05) is 30.3 Å². The van der Waals surface area contributed by atoms with E-state index in [2.05, 4.69) is 56.3 Å². The van der Waals surface area contributed by atoms with Gasteiger partial charge >= 0.3 is 0 Å². The van der Waals surface area contributed by atoms with E-state index in [4.69, 9.17) is 9.72 Å². The molecule has 0 saturated heterocycles. The molecule has 0 aliphatic carbocycles. The van der Waals surface area contributed by atoms with E-state index in [9.17, 15) is 0 Å². The van der Waals surface area contributed by atoms with E-state index in [1.54, 1.807) is 7.11 Å². The maximum atomic E-state index is 5.33. The van der Waals surface area contributed by atoms with Gasteiger partial charge in [0, 0.05) is 16.5 Å². The Morgan fingerprint density at radius 1 is 0.818 bits per heavy atom. The molecule has 0 unspecified atom stereocenters. The lowest BCUT2D eigenvalue weighted by molar-refractivity contribution is 0.415. The molecular formula is C20H17NO. The minimum absolute atomic E-state index is 0.883. The average molecular weight is 287 g/mol. The summed E-state index contributed by atoms with van der Waals surface area (Å²) in [6.07, 6.45) is 0. The lowest BCUT2D eigenvalue weighted by Gasteiger charge is -2.11. The molecule has 0 aliphatic heterocycles. The fourth-order valence-corrected chi connectivity index (χ4v) is 3.25. The number of fused-ring (bicyclic) bond motifs is 5. The van der Waals surface area contributed by atoms with Crippen LogP contribution in [-0.2, 0) is 0 Å². The summed E-state index contributed by atoms with van der Waals surface area (Å²) in [5.41, 5.74) is 3.38. The highest BCUT2D eigenvalue weighted by Gasteiger charge is 2.09. The second-order valence-corrected chi connectivity index (χ2v) is 5.79. The van der Waals surface area contributed by atoms with E-state index in [0.29, 0.717) is 0 Å². The highest BCUT2D eigenvalue weighted by molar-refractivity contribution is 6.17. The Labute approximate surface area is 129 Å². The lowest BCUT2D eigenvalue weighted by Crippen LogP contribution is -1.90. The SMILES string of the molecule is COc1ccc2c(ccc3c4ccc(C)cc4nc(C)c23)c1. The number of pyridine rings is 1. The Morgan fingerprint density at radius 3 is 2.41 bits per heavy atom. The smallest absolute Gasteiger partial charge is 0.119 e. The van der Waals surface area contributed by atoms with Crippen LogP contribution >= 0.6 is 0 Å². The minimum atomic E-state index is 0.883. The zero-order chi connectivity index (χ0) is 15.3. The van der Waals surface area contributed by atoms with Crippen molar-refractivity contribution >= 4 is 32.4 Å². The summed E-state index contributed by atoms with van der Waals surface area (Å²) < 4.78 is 5.33. The third-order valence-corrected chi connectivity index (χ3v) is 4.32. The molecule has 0 spiro atoms. The van der Waals surface area contributed by atoms with Gasteiger partial charge in [-0.3, -0.25) is 4.98 Å². The third-order valence-electron chi connectivity index (χ3n) is 4.32. The summed E-state index contributed by atoms with van der Waals surface area (Å²) >= 11 is 0. The van der Waals surface area contributed by atoms with Crippen molar-refractivity contribution in [2.24, 2.45) is 0 Å². The van der Waals surface area contributed by atoms with Crippen molar-refractivity contribution in [1.82, 2.24) is 4.98 Å². The summed E-state index contributed by atoms with van der Waals surface area (Å²) in [6, 6.07) is 17.1. The molecule has 0 atom stereocenters. The number of aryl methyl sites for hydroxylation is 2. The maximum Gasteiger partial charge on any atom is 0.119 e. The molecule has 108 valence electrons. The summed E-state index contributed by atoms with van der Waals surface area (Å²) in [4.78, 5) is 4.83. The van der Waals surface area contributed by atoms with E-state index in [0.717, 1.165) is 17.0 Å². The van der Waals surface area contributed by atoms with Gasteiger partial charge in [-0.2, -0.15) is 0 Å². The van der Waals surface area contributed by atoms with Crippen LogP contribution in [-0.4, -0.2) is 12.1 Å². The van der Waals surface area contributed by atoms with Crippen molar-refractivity contribution < 1.29 is 4.74 Å². The van der Waals surface area contributed by atoms with Gasteiger partial charge in [-0.05, 0) is 53.8 Å². The van der Waals surface area contributed by atoms with Crippen molar-refractivity contribution in [2.45, 2.75) is 13.8 Å². The van der Waals surface area contributed by atoms with Crippen LogP contribution in [0.25, 0.3) is 32.4 Å². The zero-order valence-corrected chi connectivity index (χ0v) is 13.0. The van der Waals surface area contributed by atoms with Crippen LogP contribution < -0.4 is 4.74 Å². The molecule has 0 N–H and O–H groups in total. The van der Waals surface area contributed by atoms with E-state index in [1.165, 1.54) is 32.5 Å². The largest absolute Gasteiger partial charge is 0.497 e.